The van der Waals surface area contributed by atoms with Gasteiger partial charge in [-0.05, 0) is 25.6 Å². The van der Waals surface area contributed by atoms with E-state index >= 15 is 0 Å². The largest absolute Gasteiger partial charge is 0.481 e. The lowest BCUT2D eigenvalue weighted by molar-refractivity contribution is -0.142. The Morgan fingerprint density at radius 2 is 2.26 bits per heavy atom. The van der Waals surface area contributed by atoms with E-state index in [4.69, 9.17) is 0 Å². The summed E-state index contributed by atoms with van der Waals surface area (Å²) in [5.41, 5.74) is 1.13. The van der Waals surface area contributed by atoms with Crippen LogP contribution in [0.3, 0.4) is 0 Å². The molecule has 0 radical (unpaired) electrons. The second-order valence-corrected chi connectivity index (χ2v) is 5.40. The van der Waals surface area contributed by atoms with Crippen molar-refractivity contribution in [2.24, 2.45) is 5.92 Å². The van der Waals surface area contributed by atoms with Gasteiger partial charge in [-0.2, -0.15) is 0 Å². The molecule has 104 valence electrons. The Labute approximate surface area is 113 Å². The van der Waals surface area contributed by atoms with Crippen molar-refractivity contribution >= 4 is 5.97 Å². The predicted molar refractivity (Wildman–Crippen MR) is 72.7 cm³/mol. The lowest BCUT2D eigenvalue weighted by Gasteiger charge is -2.28. The first kappa shape index (κ1) is 14.0. The smallest absolute Gasteiger partial charge is 0.309 e. The summed E-state index contributed by atoms with van der Waals surface area (Å²) in [7, 11) is 1.99. The monoisotopic (exact) mass is 263 g/mol. The Morgan fingerprint density at radius 3 is 2.89 bits per heavy atom. The van der Waals surface area contributed by atoms with E-state index in [1.807, 2.05) is 25.4 Å². The van der Waals surface area contributed by atoms with Crippen molar-refractivity contribution in [1.82, 2.24) is 14.8 Å². The summed E-state index contributed by atoms with van der Waals surface area (Å²) in [5.74, 6) is -1.04. The zero-order valence-corrected chi connectivity index (χ0v) is 11.5. The molecule has 1 N–H and O–H groups in total. The van der Waals surface area contributed by atoms with Gasteiger partial charge in [0.15, 0.2) is 0 Å². The van der Waals surface area contributed by atoms with Gasteiger partial charge in [0.2, 0.25) is 0 Å². The van der Waals surface area contributed by atoms with Crippen LogP contribution in [0.5, 0.6) is 0 Å². The average molecular weight is 263 g/mol. The van der Waals surface area contributed by atoms with Crippen LogP contribution in [0.2, 0.25) is 0 Å². The number of nitrogens with zero attached hydrogens (tertiary/aromatic N) is 3. The van der Waals surface area contributed by atoms with Gasteiger partial charge >= 0.3 is 5.97 Å². The van der Waals surface area contributed by atoms with E-state index in [0.717, 1.165) is 18.7 Å². The van der Waals surface area contributed by atoms with Crippen LogP contribution in [0.1, 0.15) is 12.5 Å². The molecular weight excluding hydrogens is 242 g/mol. The molecule has 2 rings (SSSR count). The minimum absolute atomic E-state index is 0.327. The zero-order valence-electron chi connectivity index (χ0n) is 11.5. The van der Waals surface area contributed by atoms with Crippen molar-refractivity contribution in [3.63, 3.8) is 0 Å². The molecule has 5 heteroatoms. The van der Waals surface area contributed by atoms with Gasteiger partial charge in [-0.25, -0.2) is 0 Å². The highest BCUT2D eigenvalue weighted by Gasteiger charge is 2.29. The minimum Gasteiger partial charge on any atom is -0.481 e. The molecule has 0 spiro atoms. The maximum atomic E-state index is 11.3. The van der Waals surface area contributed by atoms with Crippen LogP contribution >= 0.6 is 0 Å². The summed E-state index contributed by atoms with van der Waals surface area (Å²) in [6, 6.07) is 4.29. The molecule has 0 saturated carbocycles. The van der Waals surface area contributed by atoms with Gasteiger partial charge in [0.1, 0.15) is 0 Å². The number of pyridine rings is 1. The van der Waals surface area contributed by atoms with Gasteiger partial charge in [-0.3, -0.25) is 14.7 Å². The fourth-order valence-electron chi connectivity index (χ4n) is 2.64. The molecule has 1 aliphatic rings. The Hall–Kier alpha value is -1.46. The van der Waals surface area contributed by atoms with E-state index in [2.05, 4.69) is 21.7 Å². The Morgan fingerprint density at radius 1 is 1.47 bits per heavy atom. The molecule has 0 amide bonds. The first-order valence-corrected chi connectivity index (χ1v) is 6.60. The topological polar surface area (TPSA) is 56.7 Å². The molecule has 2 heterocycles. The van der Waals surface area contributed by atoms with E-state index < -0.39 is 5.97 Å². The van der Waals surface area contributed by atoms with Crippen LogP contribution < -0.4 is 0 Å². The second-order valence-electron chi connectivity index (χ2n) is 5.40. The number of carboxylic acids is 1. The van der Waals surface area contributed by atoms with Gasteiger partial charge in [-0.15, -0.1) is 0 Å². The lowest BCUT2D eigenvalue weighted by Crippen LogP contribution is -2.38. The van der Waals surface area contributed by atoms with Crippen LogP contribution in [0.25, 0.3) is 0 Å². The molecular formula is C14H21N3O2. The van der Waals surface area contributed by atoms with Crippen LogP contribution in [0.15, 0.2) is 24.5 Å². The van der Waals surface area contributed by atoms with E-state index in [0.29, 0.717) is 19.1 Å². The van der Waals surface area contributed by atoms with Gasteiger partial charge in [0.25, 0.3) is 0 Å². The fourth-order valence-corrected chi connectivity index (χ4v) is 2.64. The zero-order chi connectivity index (χ0) is 13.8. The number of carboxylic acid groups (broad SMARTS) is 1. The molecule has 0 aromatic carbocycles. The van der Waals surface area contributed by atoms with Crippen LogP contribution in [-0.2, 0) is 11.3 Å². The van der Waals surface area contributed by atoms with Crippen molar-refractivity contribution in [2.75, 3.05) is 26.7 Å². The number of carbonyl (C=O) groups is 1. The average Bonchev–Trinajstić information content (AvgIpc) is 2.50. The second kappa shape index (κ2) is 6.12. The van der Waals surface area contributed by atoms with Gasteiger partial charge < -0.3 is 10.0 Å². The highest BCUT2D eigenvalue weighted by atomic mass is 16.4. The summed E-state index contributed by atoms with van der Waals surface area (Å²) < 4.78 is 0. The van der Waals surface area contributed by atoms with Crippen LogP contribution in [0, 0.1) is 5.92 Å². The highest BCUT2D eigenvalue weighted by molar-refractivity contribution is 5.70. The summed E-state index contributed by atoms with van der Waals surface area (Å²) in [4.78, 5) is 19.7. The van der Waals surface area contributed by atoms with Crippen LogP contribution in [-0.4, -0.2) is 58.6 Å². The van der Waals surface area contributed by atoms with Gasteiger partial charge in [0.05, 0.1) is 5.92 Å². The summed E-state index contributed by atoms with van der Waals surface area (Å²) in [6.45, 7) is 5.01. The first-order valence-electron chi connectivity index (χ1n) is 6.60. The number of hydrogen-bond donors (Lipinski definition) is 1. The van der Waals surface area contributed by atoms with Crippen molar-refractivity contribution < 1.29 is 9.90 Å². The molecule has 19 heavy (non-hydrogen) atoms. The first-order chi connectivity index (χ1) is 9.06. The minimum atomic E-state index is -0.711. The third kappa shape index (κ3) is 3.75. The number of likely N-dealkylation sites (N-methyl/N-ethyl adjacent to an activating group) is 1. The quantitative estimate of drug-likeness (QED) is 0.879. The number of hydrogen-bond acceptors (Lipinski definition) is 4. The van der Waals surface area contributed by atoms with Crippen molar-refractivity contribution in [2.45, 2.75) is 19.5 Å². The molecule has 1 fully saturated rings. The Balaban J connectivity index is 2.10. The van der Waals surface area contributed by atoms with E-state index in [1.165, 1.54) is 0 Å². The maximum Gasteiger partial charge on any atom is 0.309 e. The van der Waals surface area contributed by atoms with E-state index in [1.54, 1.807) is 6.20 Å². The van der Waals surface area contributed by atoms with Crippen molar-refractivity contribution in [1.29, 1.82) is 0 Å². The number of rotatable bonds is 3. The number of aliphatic carboxylic acids is 1. The summed E-state index contributed by atoms with van der Waals surface area (Å²) >= 11 is 0. The van der Waals surface area contributed by atoms with Crippen molar-refractivity contribution in [3.8, 4) is 0 Å². The molecule has 2 atom stereocenters. The van der Waals surface area contributed by atoms with Crippen LogP contribution in [0.4, 0.5) is 0 Å². The molecule has 1 aliphatic heterocycles. The summed E-state index contributed by atoms with van der Waals surface area (Å²) in [6.07, 6.45) is 3.60. The number of aromatic nitrogens is 1. The molecule has 5 nitrogen and oxygen atoms in total. The van der Waals surface area contributed by atoms with E-state index in [9.17, 15) is 9.90 Å². The Bertz CT molecular complexity index is 424. The molecule has 1 aromatic heterocycles. The molecule has 0 bridgehead atoms. The maximum absolute atomic E-state index is 11.3. The van der Waals surface area contributed by atoms with Gasteiger partial charge in [0, 0.05) is 44.6 Å². The predicted octanol–water partition coefficient (Wildman–Crippen LogP) is 0.918. The molecule has 2 unspecified atom stereocenters. The van der Waals surface area contributed by atoms with E-state index in [-0.39, 0.29) is 5.92 Å². The summed E-state index contributed by atoms with van der Waals surface area (Å²) in [5, 5.41) is 9.29. The SMILES string of the molecule is CC1CN(C)CC(C(=O)O)CN1Cc1cccnc1. The standard InChI is InChI=1S/C14H21N3O2/c1-11-7-16(2)9-13(14(18)19)10-17(11)8-12-4-3-5-15-6-12/h3-6,11,13H,7-10H2,1-2H3,(H,18,19). The lowest BCUT2D eigenvalue weighted by atomic mass is 10.1. The Kier molecular flexibility index (Phi) is 4.50. The molecule has 1 saturated heterocycles. The third-order valence-corrected chi connectivity index (χ3v) is 3.64. The normalized spacial score (nSPS) is 26.0. The van der Waals surface area contributed by atoms with Crippen molar-refractivity contribution in [3.05, 3.63) is 30.1 Å². The molecule has 1 aromatic rings. The highest BCUT2D eigenvalue weighted by Crippen LogP contribution is 2.16. The molecule has 0 aliphatic carbocycles. The fraction of sp³-hybridized carbons (Fsp3) is 0.571. The third-order valence-electron chi connectivity index (χ3n) is 3.64. The van der Waals surface area contributed by atoms with Gasteiger partial charge in [-0.1, -0.05) is 6.07 Å².